The Morgan fingerprint density at radius 2 is 1.97 bits per heavy atom. The van der Waals surface area contributed by atoms with Gasteiger partial charge in [-0.25, -0.2) is 4.79 Å². The van der Waals surface area contributed by atoms with Crippen LogP contribution in [0.1, 0.15) is 63.1 Å². The summed E-state index contributed by atoms with van der Waals surface area (Å²) in [6.07, 6.45) is 3.00. The number of aromatic amines is 1. The number of H-pyrrole nitrogens is 1. The van der Waals surface area contributed by atoms with E-state index in [4.69, 9.17) is 14.6 Å². The summed E-state index contributed by atoms with van der Waals surface area (Å²) in [5.41, 5.74) is 3.18. The van der Waals surface area contributed by atoms with Crippen molar-refractivity contribution in [3.05, 3.63) is 17.5 Å². The van der Waals surface area contributed by atoms with Crippen LogP contribution in [0.4, 0.5) is 13.2 Å². The summed E-state index contributed by atoms with van der Waals surface area (Å²) in [5, 5.41) is 21.2. The molecule has 1 saturated heterocycles. The molecule has 1 saturated carbocycles. The number of hydrogen-bond acceptors (Lipinski definition) is 5. The zero-order valence-corrected chi connectivity index (χ0v) is 17.9. The van der Waals surface area contributed by atoms with Gasteiger partial charge < -0.3 is 20.5 Å². The third kappa shape index (κ3) is 6.95. The number of aliphatic carboxylic acids is 1. The van der Waals surface area contributed by atoms with Gasteiger partial charge in [0.15, 0.2) is 0 Å². The Labute approximate surface area is 175 Å². The number of nitrogens with one attached hydrogen (secondary N) is 3. The highest BCUT2D eigenvalue weighted by atomic mass is 19.4. The number of nitrogens with zero attached hydrogens (tertiary/aromatic N) is 1. The smallest absolute Gasteiger partial charge is 0.475 e. The van der Waals surface area contributed by atoms with Crippen LogP contribution in [0.2, 0.25) is 0 Å². The minimum atomic E-state index is -5.08. The van der Waals surface area contributed by atoms with Crippen LogP contribution in [0.15, 0.2) is 6.20 Å². The van der Waals surface area contributed by atoms with E-state index in [1.165, 1.54) is 43.4 Å². The molecule has 10 heteroatoms. The van der Waals surface area contributed by atoms with Gasteiger partial charge >= 0.3 is 12.1 Å². The van der Waals surface area contributed by atoms with E-state index < -0.39 is 12.1 Å². The molecule has 1 aliphatic carbocycles. The van der Waals surface area contributed by atoms with E-state index in [0.717, 1.165) is 26.2 Å². The van der Waals surface area contributed by atoms with Crippen molar-refractivity contribution in [1.82, 2.24) is 20.8 Å². The Hall–Kier alpha value is -1.65. The molecule has 0 amide bonds. The average molecular weight is 435 g/mol. The summed E-state index contributed by atoms with van der Waals surface area (Å²) >= 11 is 0. The molecule has 0 atom stereocenters. The number of carbonyl (C=O) groups is 1. The molecule has 1 aliphatic heterocycles. The summed E-state index contributed by atoms with van der Waals surface area (Å²) in [4.78, 5) is 8.90. The van der Waals surface area contributed by atoms with Crippen molar-refractivity contribution in [3.8, 4) is 0 Å². The number of carboxylic acid groups (broad SMARTS) is 1. The fourth-order valence-electron chi connectivity index (χ4n) is 4.34. The number of hydrogen-bond donors (Lipinski definition) is 4. The van der Waals surface area contributed by atoms with Crippen LogP contribution in [0.3, 0.4) is 0 Å². The number of halogens is 3. The third-order valence-corrected chi connectivity index (χ3v) is 5.75. The van der Waals surface area contributed by atoms with E-state index in [1.54, 1.807) is 0 Å². The summed E-state index contributed by atoms with van der Waals surface area (Å²) in [6, 6.07) is 0. The minimum Gasteiger partial charge on any atom is -0.475 e. The van der Waals surface area contributed by atoms with Crippen LogP contribution in [0.25, 0.3) is 0 Å². The SMILES string of the molecule is CNCCNCc1[nH]ncc1C1CCC2(CC1)CC(C)(C)CO2.O=C(O)C(F)(F)F. The predicted octanol–water partition coefficient (Wildman–Crippen LogP) is 3.19. The quantitative estimate of drug-likeness (QED) is 0.513. The number of carboxylic acids is 1. The Kier molecular flexibility index (Phi) is 8.29. The second-order valence-electron chi connectivity index (χ2n) is 8.97. The van der Waals surface area contributed by atoms with E-state index in [1.807, 2.05) is 13.2 Å². The zero-order valence-electron chi connectivity index (χ0n) is 17.9. The highest BCUT2D eigenvalue weighted by Crippen LogP contribution is 2.49. The lowest BCUT2D eigenvalue weighted by atomic mass is 9.72. The molecule has 1 spiro atoms. The van der Waals surface area contributed by atoms with Crippen molar-refractivity contribution in [1.29, 1.82) is 0 Å². The Morgan fingerprint density at radius 1 is 1.33 bits per heavy atom. The van der Waals surface area contributed by atoms with Gasteiger partial charge in [-0.05, 0) is 56.0 Å². The molecule has 7 nitrogen and oxygen atoms in total. The van der Waals surface area contributed by atoms with Gasteiger partial charge in [-0.1, -0.05) is 13.8 Å². The van der Waals surface area contributed by atoms with Crippen LogP contribution < -0.4 is 10.6 Å². The first kappa shape index (κ1) is 24.6. The topological polar surface area (TPSA) is 99.3 Å². The van der Waals surface area contributed by atoms with Crippen LogP contribution in [0.5, 0.6) is 0 Å². The molecule has 30 heavy (non-hydrogen) atoms. The molecule has 0 radical (unpaired) electrons. The fourth-order valence-corrected chi connectivity index (χ4v) is 4.34. The van der Waals surface area contributed by atoms with Crippen molar-refractivity contribution in [3.63, 3.8) is 0 Å². The summed E-state index contributed by atoms with van der Waals surface area (Å²) < 4.78 is 38.0. The van der Waals surface area contributed by atoms with Crippen LogP contribution in [-0.2, 0) is 16.1 Å². The lowest BCUT2D eigenvalue weighted by molar-refractivity contribution is -0.192. The molecule has 2 fully saturated rings. The molecule has 0 bridgehead atoms. The number of alkyl halides is 3. The van der Waals surface area contributed by atoms with Crippen LogP contribution in [-0.4, -0.2) is 59.8 Å². The summed E-state index contributed by atoms with van der Waals surface area (Å²) in [7, 11) is 1.98. The standard InChI is InChI=1S/C18H32N4O.C2HF3O2/c1-17(2)12-18(23-13-17)6-4-14(5-7-18)15-10-21-22-16(15)11-20-9-8-19-3;3-2(4,5)1(6)7/h10,14,19-20H,4-9,11-13H2,1-3H3,(H,21,22);(H,6,7). The Bertz CT molecular complexity index is 683. The van der Waals surface area contributed by atoms with Gasteiger partial charge in [0, 0.05) is 19.6 Å². The van der Waals surface area contributed by atoms with Crippen molar-refractivity contribution >= 4 is 5.97 Å². The maximum absolute atomic E-state index is 10.6. The van der Waals surface area contributed by atoms with Crippen molar-refractivity contribution < 1.29 is 27.8 Å². The molecule has 3 rings (SSSR count). The van der Waals surface area contributed by atoms with Crippen molar-refractivity contribution in [2.24, 2.45) is 5.41 Å². The van der Waals surface area contributed by atoms with E-state index in [2.05, 4.69) is 34.7 Å². The van der Waals surface area contributed by atoms with Gasteiger partial charge in [-0.3, -0.25) is 5.10 Å². The molecule has 0 unspecified atom stereocenters. The average Bonchev–Trinajstić information content (AvgIpc) is 3.24. The van der Waals surface area contributed by atoms with E-state index >= 15 is 0 Å². The highest BCUT2D eigenvalue weighted by molar-refractivity contribution is 5.73. The highest BCUT2D eigenvalue weighted by Gasteiger charge is 2.46. The third-order valence-electron chi connectivity index (χ3n) is 5.75. The maximum Gasteiger partial charge on any atom is 0.490 e. The first-order chi connectivity index (χ1) is 14.0. The largest absolute Gasteiger partial charge is 0.490 e. The lowest BCUT2D eigenvalue weighted by Crippen LogP contribution is -2.33. The molecule has 4 N–H and O–H groups in total. The van der Waals surface area contributed by atoms with Crippen molar-refractivity contribution in [2.45, 2.75) is 70.2 Å². The monoisotopic (exact) mass is 434 g/mol. The molecule has 0 aromatic carbocycles. The predicted molar refractivity (Wildman–Crippen MR) is 106 cm³/mol. The molecule has 1 aromatic rings. The van der Waals surface area contributed by atoms with E-state index in [0.29, 0.717) is 11.3 Å². The number of likely N-dealkylation sites (N-methyl/N-ethyl adjacent to an activating group) is 1. The van der Waals surface area contributed by atoms with Crippen LogP contribution >= 0.6 is 0 Å². The summed E-state index contributed by atoms with van der Waals surface area (Å²) in [6.45, 7) is 8.43. The Morgan fingerprint density at radius 3 is 2.47 bits per heavy atom. The first-order valence-corrected chi connectivity index (χ1v) is 10.3. The fraction of sp³-hybridized carbons (Fsp3) is 0.800. The number of aromatic nitrogens is 2. The van der Waals surface area contributed by atoms with Gasteiger partial charge in [0.1, 0.15) is 0 Å². The zero-order chi connectivity index (χ0) is 22.4. The summed E-state index contributed by atoms with van der Waals surface area (Å²) in [5.74, 6) is -2.12. The van der Waals surface area contributed by atoms with Crippen LogP contribution in [0, 0.1) is 5.41 Å². The molecule has 2 aliphatic rings. The lowest BCUT2D eigenvalue weighted by Gasteiger charge is -2.37. The van der Waals surface area contributed by atoms with Gasteiger partial charge in [-0.2, -0.15) is 18.3 Å². The molecule has 2 heterocycles. The number of ether oxygens (including phenoxy) is 1. The van der Waals surface area contributed by atoms with Gasteiger partial charge in [0.2, 0.25) is 0 Å². The normalized spacial score (nSPS) is 25.7. The van der Waals surface area contributed by atoms with E-state index in [9.17, 15) is 13.2 Å². The van der Waals surface area contributed by atoms with Crippen molar-refractivity contribution in [2.75, 3.05) is 26.7 Å². The van der Waals surface area contributed by atoms with Gasteiger partial charge in [0.25, 0.3) is 0 Å². The minimum absolute atomic E-state index is 0.162. The van der Waals surface area contributed by atoms with E-state index in [-0.39, 0.29) is 5.60 Å². The molecule has 172 valence electrons. The molecular weight excluding hydrogens is 401 g/mol. The van der Waals surface area contributed by atoms with Gasteiger partial charge in [-0.15, -0.1) is 0 Å². The first-order valence-electron chi connectivity index (χ1n) is 10.3. The molecular formula is C20H33F3N4O3. The maximum atomic E-state index is 10.6. The van der Waals surface area contributed by atoms with Gasteiger partial charge in [0.05, 0.1) is 24.1 Å². The second kappa shape index (κ2) is 10.1. The second-order valence-corrected chi connectivity index (χ2v) is 8.97. The molecule has 1 aromatic heterocycles. The Balaban J connectivity index is 0.000000396. The number of rotatable bonds is 6.